The summed E-state index contributed by atoms with van der Waals surface area (Å²) in [4.78, 5) is 23.7. The fourth-order valence-corrected chi connectivity index (χ4v) is 2.82. The lowest BCUT2D eigenvalue weighted by molar-refractivity contribution is -0.712. The molecule has 1 atom stereocenters. The third-order valence-electron chi connectivity index (χ3n) is 3.95. The van der Waals surface area contributed by atoms with Crippen LogP contribution >= 0.6 is 7.82 Å². The number of hydrogen-bond donors (Lipinski definition) is 2. The molecule has 3 rings (SSSR count). The molecule has 1 unspecified atom stereocenters. The molecule has 12 heteroatoms. The number of pyridine rings is 2. The van der Waals surface area contributed by atoms with Gasteiger partial charge >= 0.3 is 0 Å². The third-order valence-corrected chi connectivity index (χ3v) is 4.39. The van der Waals surface area contributed by atoms with E-state index in [0.717, 1.165) is 5.56 Å². The average molecular weight is 431 g/mol. The molecule has 3 heterocycles. The van der Waals surface area contributed by atoms with Crippen molar-refractivity contribution < 1.29 is 32.7 Å². The van der Waals surface area contributed by atoms with Crippen LogP contribution in [-0.2, 0) is 22.2 Å². The molecular formula is C18H18N5O6P. The summed E-state index contributed by atoms with van der Waals surface area (Å²) in [6.07, 6.45) is 3.89. The van der Waals surface area contributed by atoms with Crippen LogP contribution in [0.2, 0.25) is 0 Å². The Bertz CT molecular complexity index is 1090. The van der Waals surface area contributed by atoms with Gasteiger partial charge in [0.1, 0.15) is 12.2 Å². The average Bonchev–Trinajstić information content (AvgIpc) is 3.16. The highest BCUT2D eigenvalue weighted by molar-refractivity contribution is 7.44. The van der Waals surface area contributed by atoms with Gasteiger partial charge in [0.15, 0.2) is 12.5 Å². The van der Waals surface area contributed by atoms with Gasteiger partial charge in [0, 0.05) is 24.8 Å². The van der Waals surface area contributed by atoms with Gasteiger partial charge in [0.05, 0.1) is 24.4 Å². The maximum Gasteiger partial charge on any atom is 0.285 e. The number of phosphoric acid groups is 1. The summed E-state index contributed by atoms with van der Waals surface area (Å²) in [6, 6.07) is 10.5. The van der Waals surface area contributed by atoms with Crippen LogP contribution in [-0.4, -0.2) is 21.6 Å². The van der Waals surface area contributed by atoms with E-state index in [1.807, 2.05) is 12.1 Å². The van der Waals surface area contributed by atoms with Gasteiger partial charge < -0.3 is 19.0 Å². The molecule has 0 radical (unpaired) electrons. The molecule has 0 aliphatic carbocycles. The number of nitrogens with two attached hydrogens (primary N) is 1. The molecule has 30 heavy (non-hydrogen) atoms. The Morgan fingerprint density at radius 3 is 2.93 bits per heavy atom. The highest BCUT2D eigenvalue weighted by Crippen LogP contribution is 2.30. The van der Waals surface area contributed by atoms with Crippen molar-refractivity contribution in [1.29, 1.82) is 5.26 Å². The van der Waals surface area contributed by atoms with Gasteiger partial charge in [-0.3, -0.25) is 14.8 Å². The summed E-state index contributed by atoms with van der Waals surface area (Å²) in [5.41, 5.74) is 8.05. The fraction of sp³-hybridized carbons (Fsp3) is 0.222. The molecular weight excluding hydrogens is 413 g/mol. The van der Waals surface area contributed by atoms with E-state index < -0.39 is 14.6 Å². The van der Waals surface area contributed by atoms with Crippen molar-refractivity contribution in [1.82, 2.24) is 10.1 Å². The summed E-state index contributed by atoms with van der Waals surface area (Å²) in [5.74, 6) is 0.994. The number of anilines is 1. The van der Waals surface area contributed by atoms with E-state index >= 15 is 0 Å². The molecule has 0 saturated carbocycles. The SMILES string of the molecule is N#CCCOc1ccc(Cc2cc(-c3ccc[n+](COP(=O)([O-])O)c3N)on2)cn1. The normalized spacial score (nSPS) is 12.8. The van der Waals surface area contributed by atoms with Gasteiger partial charge in [-0.15, -0.1) is 0 Å². The van der Waals surface area contributed by atoms with Crippen molar-refractivity contribution >= 4 is 13.6 Å². The quantitative estimate of drug-likeness (QED) is 0.282. The van der Waals surface area contributed by atoms with Crippen molar-refractivity contribution in [2.45, 2.75) is 19.6 Å². The van der Waals surface area contributed by atoms with E-state index in [-0.39, 0.29) is 18.8 Å². The Morgan fingerprint density at radius 2 is 2.23 bits per heavy atom. The summed E-state index contributed by atoms with van der Waals surface area (Å²) < 4.78 is 27.2. The van der Waals surface area contributed by atoms with Gasteiger partial charge in [0.25, 0.3) is 13.6 Å². The van der Waals surface area contributed by atoms with Crippen molar-refractivity contribution in [2.75, 3.05) is 12.3 Å². The van der Waals surface area contributed by atoms with Crippen molar-refractivity contribution in [2.24, 2.45) is 0 Å². The highest BCUT2D eigenvalue weighted by atomic mass is 31.2. The number of phosphoric ester groups is 1. The van der Waals surface area contributed by atoms with Gasteiger partial charge in [-0.2, -0.15) is 5.26 Å². The Kier molecular flexibility index (Phi) is 6.76. The first-order valence-corrected chi connectivity index (χ1v) is 10.2. The second kappa shape index (κ2) is 9.47. The van der Waals surface area contributed by atoms with E-state index in [0.29, 0.717) is 29.3 Å². The van der Waals surface area contributed by atoms with Crippen LogP contribution in [0.15, 0.2) is 47.2 Å². The maximum absolute atomic E-state index is 10.8. The first-order valence-electron chi connectivity index (χ1n) is 8.72. The zero-order valence-electron chi connectivity index (χ0n) is 15.7. The summed E-state index contributed by atoms with van der Waals surface area (Å²) in [7, 11) is -4.88. The standard InChI is InChI=1S/C18H18N5O6P/c19-6-2-8-27-17-5-4-13(11-21-17)9-14-10-16(29-22-14)15-3-1-7-23(18(15)20)12-28-30(24,25)26/h1,3-5,7,10-11,20H,2,8-9,12H2,(H2,24,25,26). The number of nitrogens with zero attached hydrogens (tertiary/aromatic N) is 4. The van der Waals surface area contributed by atoms with Gasteiger partial charge in [-0.05, 0) is 17.7 Å². The molecule has 11 nitrogen and oxygen atoms in total. The molecule has 3 aromatic heterocycles. The van der Waals surface area contributed by atoms with E-state index in [1.54, 1.807) is 30.5 Å². The van der Waals surface area contributed by atoms with Crippen molar-refractivity contribution in [3.05, 3.63) is 54.0 Å². The highest BCUT2D eigenvalue weighted by Gasteiger charge is 2.18. The predicted molar refractivity (Wildman–Crippen MR) is 100 cm³/mol. The Morgan fingerprint density at radius 1 is 1.40 bits per heavy atom. The van der Waals surface area contributed by atoms with E-state index in [1.165, 1.54) is 10.8 Å². The molecule has 156 valence electrons. The van der Waals surface area contributed by atoms with Crippen LogP contribution in [0.1, 0.15) is 17.7 Å². The summed E-state index contributed by atoms with van der Waals surface area (Å²) in [5, 5.41) is 12.5. The number of hydrogen-bond acceptors (Lipinski definition) is 9. The van der Waals surface area contributed by atoms with Gasteiger partial charge in [-0.1, -0.05) is 11.2 Å². The second-order valence-electron chi connectivity index (χ2n) is 6.12. The van der Waals surface area contributed by atoms with Crippen LogP contribution in [0.4, 0.5) is 5.82 Å². The number of ether oxygens (including phenoxy) is 1. The number of nitriles is 1. The maximum atomic E-state index is 10.8. The summed E-state index contributed by atoms with van der Waals surface area (Å²) in [6.45, 7) is -0.198. The topological polar surface area (TPSA) is 171 Å². The molecule has 0 aromatic carbocycles. The van der Waals surface area contributed by atoms with E-state index in [2.05, 4.69) is 14.7 Å². The number of aromatic nitrogens is 3. The lowest BCUT2D eigenvalue weighted by atomic mass is 10.1. The van der Waals surface area contributed by atoms with Crippen LogP contribution in [0.3, 0.4) is 0 Å². The summed E-state index contributed by atoms with van der Waals surface area (Å²) >= 11 is 0. The van der Waals surface area contributed by atoms with Crippen LogP contribution in [0, 0.1) is 11.3 Å². The van der Waals surface area contributed by atoms with E-state index in [4.69, 9.17) is 25.1 Å². The third kappa shape index (κ3) is 5.85. The fourth-order valence-electron chi connectivity index (χ4n) is 2.55. The number of rotatable bonds is 9. The monoisotopic (exact) mass is 431 g/mol. The van der Waals surface area contributed by atoms with Crippen LogP contribution in [0.5, 0.6) is 5.88 Å². The Hall–Kier alpha value is -3.29. The lowest BCUT2D eigenvalue weighted by Gasteiger charge is -2.14. The smallest absolute Gasteiger partial charge is 0.285 e. The van der Waals surface area contributed by atoms with Gasteiger partial charge in [0.2, 0.25) is 5.88 Å². The van der Waals surface area contributed by atoms with Crippen LogP contribution < -0.4 is 19.9 Å². The Balaban J connectivity index is 1.69. The molecule has 0 aliphatic heterocycles. The molecule has 0 bridgehead atoms. The molecule has 3 N–H and O–H groups in total. The minimum absolute atomic E-state index is 0.175. The zero-order valence-corrected chi connectivity index (χ0v) is 16.6. The van der Waals surface area contributed by atoms with Crippen molar-refractivity contribution in [3.8, 4) is 23.3 Å². The minimum Gasteiger partial charge on any atom is -0.756 e. The van der Waals surface area contributed by atoms with Crippen LogP contribution in [0.25, 0.3) is 11.3 Å². The Labute approximate surface area is 171 Å². The molecule has 0 aliphatic rings. The molecule has 0 amide bonds. The molecule has 0 saturated heterocycles. The lowest BCUT2D eigenvalue weighted by Crippen LogP contribution is -2.38. The number of nitrogen functional groups attached to an aromatic ring is 1. The predicted octanol–water partition coefficient (Wildman–Crippen LogP) is 0.924. The molecule has 3 aromatic rings. The zero-order chi connectivity index (χ0) is 21.6. The molecule has 0 fully saturated rings. The molecule has 0 spiro atoms. The van der Waals surface area contributed by atoms with Gasteiger partial charge in [-0.25, -0.2) is 9.55 Å². The minimum atomic E-state index is -4.88. The first kappa shape index (κ1) is 21.4. The van der Waals surface area contributed by atoms with E-state index in [9.17, 15) is 9.46 Å². The van der Waals surface area contributed by atoms with Crippen molar-refractivity contribution in [3.63, 3.8) is 0 Å². The second-order valence-corrected chi connectivity index (χ2v) is 7.32. The first-order chi connectivity index (χ1) is 14.4. The largest absolute Gasteiger partial charge is 0.756 e.